The molecule has 6 unspecified atom stereocenters. The van der Waals surface area contributed by atoms with E-state index < -0.39 is 23.5 Å². The van der Waals surface area contributed by atoms with Gasteiger partial charge in [0.2, 0.25) is 0 Å². The first-order chi connectivity index (χ1) is 71.2. The molecule has 11 N–H and O–H groups in total. The third kappa shape index (κ3) is 23.5. The number of phenols is 5. The van der Waals surface area contributed by atoms with Crippen molar-refractivity contribution in [2.45, 2.75) is 267 Å². The van der Waals surface area contributed by atoms with Gasteiger partial charge in [-0.3, -0.25) is 0 Å². The topological polar surface area (TPSA) is 229 Å². The van der Waals surface area contributed by atoms with Crippen LogP contribution in [0, 0.1) is 35.5 Å². The molecule has 786 valence electrons. The first-order valence-corrected chi connectivity index (χ1v) is 53.5. The number of nitrogens with one attached hydrogen (secondary N) is 6. The van der Waals surface area contributed by atoms with Crippen molar-refractivity contribution in [2.24, 2.45) is 35.5 Å². The molecule has 12 aromatic carbocycles. The number of halogens is 6. The van der Waals surface area contributed by atoms with Crippen molar-refractivity contribution in [1.82, 2.24) is 0 Å². The molecule has 0 amide bonds. The van der Waals surface area contributed by atoms with Gasteiger partial charge in [0.25, 0.3) is 0 Å². The molecule has 0 aromatic heterocycles. The van der Waals surface area contributed by atoms with Crippen LogP contribution in [0.3, 0.4) is 0 Å². The van der Waals surface area contributed by atoms with Crippen LogP contribution in [0.4, 0.5) is 60.5 Å². The fourth-order valence-electron chi connectivity index (χ4n) is 24.4. The summed E-state index contributed by atoms with van der Waals surface area (Å²) in [6.45, 7) is 31.6. The fourth-order valence-corrected chi connectivity index (χ4v) is 24.4. The highest BCUT2D eigenvalue weighted by Gasteiger charge is 2.49. The van der Waals surface area contributed by atoms with Gasteiger partial charge >= 0.3 is 12.4 Å². The average molecular weight is 2030 g/mol. The standard InChI is InChI=1S/3C22H27NO2.C22H27NO.2C19H18F3NO2/c1-22(2,3)15-9-10-19-18(13-15)21-17(8-5-11-25-21)20(23-19)14-6-4-7-16(24)12-14;2*1-22(2,3)15-8-11-19-18(13-15)21-17(5-4-12-25-21)20(23-19)14-6-9-16(24)10-7-14;1-22(2,3)16-11-12-19-18(14-16)21-17(10-7-13-24-21)20(23-19)15-8-5-4-6-9-15;2*20-19(21,22)12-6-7-16-15(10-12)18-14(5-2-8-25-18)17(23-16)11-3-1-4-13(24)9-11/h4,6-7,9-10,12-13,17,20-21,23-24H,5,8,11H2,1-3H3;2*6-11,13,17,20-21,23-24H,4-5,12H2,1-3H3;4-6,8-9,11-12,14,17,20-21,23H,7,10,13H2,1-3H3;2*1,3-4,6-7,9-10,14,17-18,23-24H,2,5,8H2/t2*17-,20-,21-;;17-,20-,21-;14-,17-,18-;/m00.00./s1. The SMILES string of the molecule is CC(C)(C)c1ccc2c(c1)C1OCCCC1C(c1ccc(O)cc1)N2.CC(C)(C)c1ccc2c(c1)[C@H]1OCCC[C@H]1[C@H](c1ccc(O)cc1)N2.CC(C)(C)c1ccc2c(c1)[C@H]1OCCC[C@H]1[C@H](c1cccc(O)c1)N2.CC(C)(C)c1ccc2c(c1)[C@H]1OCCC[C@H]1[C@H](c1ccccc1)N2.Oc1cccc(C2Nc3ccc(C(F)(F)F)cc3C3OCCCC23)c1.Oc1cccc([C@@H]2Nc3ccc(C(F)(F)F)cc3[C@H]3OCCC[C@H]32)c1. The Morgan fingerprint density at radius 2 is 0.403 bits per heavy atom. The Labute approximate surface area is 873 Å². The zero-order chi connectivity index (χ0) is 105. The van der Waals surface area contributed by atoms with Gasteiger partial charge < -0.3 is 85.9 Å². The first-order valence-electron chi connectivity index (χ1n) is 53.5. The number of phenolic OH excluding ortho intramolecular Hbond substituents is 5. The van der Waals surface area contributed by atoms with Gasteiger partial charge in [-0.25, -0.2) is 0 Å². The van der Waals surface area contributed by atoms with E-state index >= 15 is 0 Å². The Morgan fingerprint density at radius 1 is 0.208 bits per heavy atom. The molecule has 0 bridgehead atoms. The number of rotatable bonds is 6. The predicted molar refractivity (Wildman–Crippen MR) is 577 cm³/mol. The van der Waals surface area contributed by atoms with E-state index in [1.54, 1.807) is 66.7 Å². The lowest BCUT2D eigenvalue weighted by Gasteiger charge is -2.44. The summed E-state index contributed by atoms with van der Waals surface area (Å²) in [4.78, 5) is 0. The van der Waals surface area contributed by atoms with Gasteiger partial charge in [-0.05, 0) is 276 Å². The van der Waals surface area contributed by atoms with Gasteiger partial charge in [0.05, 0.1) is 84.0 Å². The molecule has 0 aliphatic carbocycles. The van der Waals surface area contributed by atoms with Crippen LogP contribution in [0.5, 0.6) is 28.7 Å². The maximum Gasteiger partial charge on any atom is 0.416 e. The summed E-state index contributed by atoms with van der Waals surface area (Å²) in [6.07, 6.45) is 3.68. The molecule has 0 spiro atoms. The fraction of sp³-hybridized carbons (Fsp3) is 0.429. The lowest BCUT2D eigenvalue weighted by molar-refractivity contribution is -0.138. The normalized spacial score (nSPS) is 25.7. The highest BCUT2D eigenvalue weighted by molar-refractivity contribution is 5.66. The van der Waals surface area contributed by atoms with Crippen molar-refractivity contribution in [3.63, 3.8) is 0 Å². The molecule has 23 heteroatoms. The second kappa shape index (κ2) is 43.6. The highest BCUT2D eigenvalue weighted by atomic mass is 19.4. The van der Waals surface area contributed by atoms with Crippen LogP contribution in [0.2, 0.25) is 0 Å². The number of hydrogen-bond acceptors (Lipinski definition) is 17. The maximum atomic E-state index is 13.1. The van der Waals surface area contributed by atoms with Crippen molar-refractivity contribution in [1.29, 1.82) is 0 Å². The number of anilines is 6. The summed E-state index contributed by atoms with van der Waals surface area (Å²) in [7, 11) is 0. The van der Waals surface area contributed by atoms with Crippen LogP contribution in [-0.2, 0) is 62.4 Å². The van der Waals surface area contributed by atoms with Crippen LogP contribution < -0.4 is 31.9 Å². The van der Waals surface area contributed by atoms with E-state index in [9.17, 15) is 51.9 Å². The van der Waals surface area contributed by atoms with E-state index in [1.807, 2.05) is 48.5 Å². The van der Waals surface area contributed by atoms with Gasteiger partial charge in [0.15, 0.2) is 0 Å². The summed E-state index contributed by atoms with van der Waals surface area (Å²) < 4.78 is 115. The molecule has 6 fully saturated rings. The van der Waals surface area contributed by atoms with Gasteiger partial charge in [-0.1, -0.05) is 223 Å². The van der Waals surface area contributed by atoms with Gasteiger partial charge in [0.1, 0.15) is 28.7 Å². The Balaban J connectivity index is 0.000000112. The van der Waals surface area contributed by atoms with Crippen LogP contribution in [-0.4, -0.2) is 65.2 Å². The van der Waals surface area contributed by atoms with Crippen molar-refractivity contribution < 1.29 is 80.3 Å². The van der Waals surface area contributed by atoms with Crippen molar-refractivity contribution in [2.75, 3.05) is 71.5 Å². The molecular weight excluding hydrogens is 1890 g/mol. The zero-order valence-electron chi connectivity index (χ0n) is 87.4. The minimum atomic E-state index is -4.37. The van der Waals surface area contributed by atoms with Crippen LogP contribution in [0.15, 0.2) is 261 Å². The second-order valence-electron chi connectivity index (χ2n) is 46.5. The third-order valence-corrected chi connectivity index (χ3v) is 32.3. The summed E-state index contributed by atoms with van der Waals surface area (Å²) in [6, 6.07) is 83.0. The Hall–Kier alpha value is -12.2. The van der Waals surface area contributed by atoms with Gasteiger partial charge in [0, 0.05) is 143 Å². The molecule has 12 aliphatic rings. The first kappa shape index (κ1) is 105. The molecule has 24 rings (SSSR count). The lowest BCUT2D eigenvalue weighted by atomic mass is 9.76. The molecule has 149 heavy (non-hydrogen) atoms. The minimum absolute atomic E-state index is 0.0199. The van der Waals surface area contributed by atoms with Crippen molar-refractivity contribution in [3.05, 3.63) is 361 Å². The maximum absolute atomic E-state index is 13.1. The van der Waals surface area contributed by atoms with Gasteiger partial charge in [-0.2, -0.15) is 26.3 Å². The second-order valence-corrected chi connectivity index (χ2v) is 46.5. The third-order valence-electron chi connectivity index (χ3n) is 32.3. The van der Waals surface area contributed by atoms with E-state index in [1.165, 1.54) is 109 Å². The van der Waals surface area contributed by atoms with Crippen LogP contribution >= 0.6 is 0 Å². The predicted octanol–water partition coefficient (Wildman–Crippen LogP) is 31.7. The number of fused-ring (bicyclic) bond motifs is 18. The number of hydrogen-bond donors (Lipinski definition) is 11. The highest BCUT2D eigenvalue weighted by Crippen LogP contribution is 2.59. The van der Waals surface area contributed by atoms with Crippen LogP contribution in [0.25, 0.3) is 0 Å². The summed E-state index contributed by atoms with van der Waals surface area (Å²) in [5.41, 5.74) is 23.8. The molecule has 17 nitrogen and oxygen atoms in total. The van der Waals surface area contributed by atoms with Crippen molar-refractivity contribution >= 4 is 34.1 Å². The lowest BCUT2D eigenvalue weighted by Crippen LogP contribution is -2.36. The monoisotopic (exact) mass is 2030 g/mol. The number of benzene rings is 12. The number of ether oxygens (including phenoxy) is 6. The molecule has 12 aliphatic heterocycles. The van der Waals surface area contributed by atoms with E-state index in [-0.39, 0.29) is 112 Å². The zero-order valence-corrected chi connectivity index (χ0v) is 87.4. The van der Waals surface area contributed by atoms with E-state index in [4.69, 9.17) is 28.4 Å². The number of aromatic hydroxyl groups is 5. The van der Waals surface area contributed by atoms with E-state index in [0.717, 1.165) is 132 Å². The average Bonchev–Trinajstić information content (AvgIpc) is 0.769. The number of alkyl halides is 6. The molecule has 0 radical (unpaired) electrons. The molecule has 0 saturated carbocycles. The summed E-state index contributed by atoms with van der Waals surface area (Å²) in [5, 5.41) is 70.4. The Kier molecular flexibility index (Phi) is 30.8. The quantitative estimate of drug-likeness (QED) is 0.0696. The van der Waals surface area contributed by atoms with E-state index in [0.29, 0.717) is 82.7 Å². The smallest absolute Gasteiger partial charge is 0.416 e. The van der Waals surface area contributed by atoms with Crippen molar-refractivity contribution in [3.8, 4) is 28.7 Å². The largest absolute Gasteiger partial charge is 0.508 e. The van der Waals surface area contributed by atoms with Crippen LogP contribution in [0.1, 0.15) is 333 Å². The Morgan fingerprint density at radius 3 is 0.611 bits per heavy atom. The summed E-state index contributed by atoms with van der Waals surface area (Å²) >= 11 is 0. The summed E-state index contributed by atoms with van der Waals surface area (Å²) in [5.74, 6) is 3.05. The molecule has 18 atom stereocenters. The van der Waals surface area contributed by atoms with E-state index in [2.05, 4.69) is 224 Å². The van der Waals surface area contributed by atoms with Gasteiger partial charge in [-0.15, -0.1) is 0 Å². The molecular formula is C126H144F6N6O11. The molecule has 12 heterocycles. The Bertz CT molecular complexity index is 6200. The molecule has 12 aromatic rings. The molecule has 6 saturated heterocycles. The minimum Gasteiger partial charge on any atom is -0.508 e.